The summed E-state index contributed by atoms with van der Waals surface area (Å²) >= 11 is 0. The van der Waals surface area contributed by atoms with Crippen molar-refractivity contribution in [3.8, 4) is 0 Å². The number of nitrogens with one attached hydrogen (secondary N) is 1. The molecule has 2 heterocycles. The molecule has 0 spiro atoms. The minimum Gasteiger partial charge on any atom is -0.371 e. The second kappa shape index (κ2) is 5.18. The average molecular weight is 283 g/mol. The van der Waals surface area contributed by atoms with Crippen LogP contribution in [0.5, 0.6) is 0 Å². The van der Waals surface area contributed by atoms with Crippen LogP contribution in [0.4, 0.5) is 14.5 Å². The van der Waals surface area contributed by atoms with E-state index < -0.39 is 13.0 Å². The normalized spacial score (nSPS) is 16.6. The Balaban J connectivity index is 1.62. The maximum Gasteiger partial charge on any atom is 0.257 e. The third kappa shape index (κ3) is 2.94. The molecule has 2 aromatic rings. The largest absolute Gasteiger partial charge is 0.371 e. The van der Waals surface area contributed by atoms with E-state index in [2.05, 4.69) is 20.6 Å². The summed E-state index contributed by atoms with van der Waals surface area (Å²) in [5.74, 6) is 1.68. The molecule has 1 N–H and O–H groups in total. The van der Waals surface area contributed by atoms with Crippen LogP contribution >= 0.6 is 0 Å². The van der Waals surface area contributed by atoms with Crippen LogP contribution in [0.15, 0.2) is 16.9 Å². The predicted molar refractivity (Wildman–Crippen MR) is 66.5 cm³/mol. The van der Waals surface area contributed by atoms with E-state index in [1.807, 2.05) is 6.92 Å². The summed E-state index contributed by atoms with van der Waals surface area (Å²) in [5.41, 5.74) is 0.643. The molecule has 1 unspecified atom stereocenters. The quantitative estimate of drug-likeness (QED) is 0.882. The van der Waals surface area contributed by atoms with Crippen LogP contribution in [0.25, 0.3) is 0 Å². The number of rotatable bonds is 6. The van der Waals surface area contributed by atoms with E-state index >= 15 is 0 Å². The molecule has 0 bridgehead atoms. The van der Waals surface area contributed by atoms with E-state index in [0.717, 1.165) is 18.7 Å². The van der Waals surface area contributed by atoms with Crippen LogP contribution in [0.1, 0.15) is 43.4 Å². The van der Waals surface area contributed by atoms with Gasteiger partial charge in [-0.3, -0.25) is 4.68 Å². The summed E-state index contributed by atoms with van der Waals surface area (Å²) < 4.78 is 30.9. The molecule has 0 saturated heterocycles. The van der Waals surface area contributed by atoms with Crippen LogP contribution in [0.3, 0.4) is 0 Å². The zero-order valence-electron chi connectivity index (χ0n) is 11.0. The molecule has 0 aromatic carbocycles. The molecule has 3 rings (SSSR count). The lowest BCUT2D eigenvalue weighted by atomic mass is 10.3. The predicted octanol–water partition coefficient (Wildman–Crippen LogP) is 2.58. The molecule has 1 aliphatic rings. The van der Waals surface area contributed by atoms with Gasteiger partial charge in [-0.05, 0) is 19.8 Å². The molecule has 0 amide bonds. The summed E-state index contributed by atoms with van der Waals surface area (Å²) in [6, 6.07) is -0.195. The van der Waals surface area contributed by atoms with Gasteiger partial charge in [0.05, 0.1) is 11.9 Å². The SMILES string of the molecule is CC(Nc1cnn(CC(F)F)c1)c1nc(C2CC2)no1. The molecule has 1 aliphatic carbocycles. The van der Waals surface area contributed by atoms with Crippen molar-refractivity contribution in [1.29, 1.82) is 0 Å². The minimum absolute atomic E-state index is 0.195. The van der Waals surface area contributed by atoms with Gasteiger partial charge in [-0.15, -0.1) is 0 Å². The minimum atomic E-state index is -2.42. The van der Waals surface area contributed by atoms with Crippen LogP contribution in [-0.4, -0.2) is 26.3 Å². The fourth-order valence-corrected chi connectivity index (χ4v) is 1.92. The molecule has 1 fully saturated rings. The van der Waals surface area contributed by atoms with Gasteiger partial charge < -0.3 is 9.84 Å². The standard InChI is InChI=1S/C12H15F2N5O/c1-7(12-17-11(18-20-12)8-2-3-8)16-9-4-15-19(5-9)6-10(13)14/h4-5,7-8,10,16H,2-3,6H2,1H3. The van der Waals surface area contributed by atoms with Crippen LogP contribution in [0.2, 0.25) is 0 Å². The van der Waals surface area contributed by atoms with E-state index in [4.69, 9.17) is 4.52 Å². The summed E-state index contributed by atoms with van der Waals surface area (Å²) in [7, 11) is 0. The molecule has 1 saturated carbocycles. The molecule has 2 aromatic heterocycles. The van der Waals surface area contributed by atoms with E-state index in [-0.39, 0.29) is 6.04 Å². The third-order valence-corrected chi connectivity index (χ3v) is 3.11. The Morgan fingerprint density at radius 3 is 3.00 bits per heavy atom. The molecule has 20 heavy (non-hydrogen) atoms. The Morgan fingerprint density at radius 1 is 1.50 bits per heavy atom. The van der Waals surface area contributed by atoms with Crippen molar-refractivity contribution in [1.82, 2.24) is 19.9 Å². The van der Waals surface area contributed by atoms with Crippen molar-refractivity contribution in [2.24, 2.45) is 0 Å². The maximum absolute atomic E-state index is 12.2. The van der Waals surface area contributed by atoms with Crippen LogP contribution in [0, 0.1) is 0 Å². The fraction of sp³-hybridized carbons (Fsp3) is 0.583. The van der Waals surface area contributed by atoms with Crippen molar-refractivity contribution in [3.63, 3.8) is 0 Å². The highest BCUT2D eigenvalue weighted by Crippen LogP contribution is 2.38. The second-order valence-electron chi connectivity index (χ2n) is 4.97. The number of nitrogens with zero attached hydrogens (tertiary/aromatic N) is 4. The molecular formula is C12H15F2N5O. The number of hydrogen-bond donors (Lipinski definition) is 1. The van der Waals surface area contributed by atoms with Crippen molar-refractivity contribution >= 4 is 5.69 Å². The summed E-state index contributed by atoms with van der Waals surface area (Å²) in [4.78, 5) is 4.34. The highest BCUT2D eigenvalue weighted by molar-refractivity contribution is 5.39. The van der Waals surface area contributed by atoms with Gasteiger partial charge in [0.2, 0.25) is 5.89 Å². The zero-order valence-corrected chi connectivity index (χ0v) is 11.0. The molecule has 0 aliphatic heterocycles. The lowest BCUT2D eigenvalue weighted by Gasteiger charge is -2.08. The van der Waals surface area contributed by atoms with Crippen LogP contribution in [-0.2, 0) is 6.54 Å². The molecule has 1 atom stereocenters. The first-order valence-corrected chi connectivity index (χ1v) is 6.52. The topological polar surface area (TPSA) is 68.8 Å². The lowest BCUT2D eigenvalue weighted by molar-refractivity contribution is 0.122. The van der Waals surface area contributed by atoms with Crippen LogP contribution < -0.4 is 5.32 Å². The zero-order chi connectivity index (χ0) is 14.1. The number of hydrogen-bond acceptors (Lipinski definition) is 5. The number of halogens is 2. The van der Waals surface area contributed by atoms with E-state index in [9.17, 15) is 8.78 Å². The smallest absolute Gasteiger partial charge is 0.257 e. The van der Waals surface area contributed by atoms with Crippen molar-refractivity contribution in [2.45, 2.75) is 44.7 Å². The van der Waals surface area contributed by atoms with Crippen molar-refractivity contribution < 1.29 is 13.3 Å². The Bertz CT molecular complexity index is 578. The van der Waals surface area contributed by atoms with E-state index in [0.29, 0.717) is 17.5 Å². The number of aromatic nitrogens is 4. The Kier molecular flexibility index (Phi) is 3.37. The van der Waals surface area contributed by atoms with Gasteiger partial charge in [-0.1, -0.05) is 5.16 Å². The molecular weight excluding hydrogens is 268 g/mol. The van der Waals surface area contributed by atoms with Gasteiger partial charge >= 0.3 is 0 Å². The monoisotopic (exact) mass is 283 g/mol. The molecule has 108 valence electrons. The fourth-order valence-electron chi connectivity index (χ4n) is 1.92. The third-order valence-electron chi connectivity index (χ3n) is 3.11. The first-order valence-electron chi connectivity index (χ1n) is 6.52. The summed E-state index contributed by atoms with van der Waals surface area (Å²) in [5, 5.41) is 10.9. The first-order chi connectivity index (χ1) is 9.61. The molecule has 8 heteroatoms. The second-order valence-corrected chi connectivity index (χ2v) is 4.97. The van der Waals surface area contributed by atoms with E-state index in [1.165, 1.54) is 17.1 Å². The summed E-state index contributed by atoms with van der Waals surface area (Å²) in [6.45, 7) is 1.46. The van der Waals surface area contributed by atoms with Crippen molar-refractivity contribution in [3.05, 3.63) is 24.1 Å². The average Bonchev–Trinajstić information content (AvgIpc) is 2.96. The van der Waals surface area contributed by atoms with Gasteiger partial charge in [0.25, 0.3) is 6.43 Å². The maximum atomic E-state index is 12.2. The molecule has 0 radical (unpaired) electrons. The van der Waals surface area contributed by atoms with Crippen molar-refractivity contribution in [2.75, 3.05) is 5.32 Å². The Hall–Kier alpha value is -1.99. The number of anilines is 1. The Labute approximate surface area is 114 Å². The number of alkyl halides is 2. The first kappa shape index (κ1) is 13.0. The van der Waals surface area contributed by atoms with Gasteiger partial charge in [0.1, 0.15) is 12.6 Å². The Morgan fingerprint density at radius 2 is 2.30 bits per heavy atom. The van der Waals surface area contributed by atoms with Gasteiger partial charge in [0, 0.05) is 12.1 Å². The highest BCUT2D eigenvalue weighted by atomic mass is 19.3. The van der Waals surface area contributed by atoms with Gasteiger partial charge in [-0.2, -0.15) is 10.1 Å². The van der Waals surface area contributed by atoms with E-state index in [1.54, 1.807) is 0 Å². The summed E-state index contributed by atoms with van der Waals surface area (Å²) in [6.07, 6.45) is 2.83. The molecule has 6 nitrogen and oxygen atoms in total. The highest BCUT2D eigenvalue weighted by Gasteiger charge is 2.29. The van der Waals surface area contributed by atoms with Gasteiger partial charge in [-0.25, -0.2) is 8.78 Å². The lowest BCUT2D eigenvalue weighted by Crippen LogP contribution is -2.08. The van der Waals surface area contributed by atoms with Gasteiger partial charge in [0.15, 0.2) is 5.82 Å².